The fourth-order valence-corrected chi connectivity index (χ4v) is 3.92. The van der Waals surface area contributed by atoms with Crippen molar-refractivity contribution in [3.05, 3.63) is 47.5 Å². The third-order valence-corrected chi connectivity index (χ3v) is 5.43. The number of carbonyl (C=O) groups is 2. The van der Waals surface area contributed by atoms with E-state index in [2.05, 4.69) is 10.6 Å². The smallest absolute Gasteiger partial charge is 0.174 e. The average molecular weight is 491 g/mol. The molecule has 0 aliphatic heterocycles. The molecule has 31 heavy (non-hydrogen) atoms. The molecule has 0 radical (unpaired) electrons. The van der Waals surface area contributed by atoms with E-state index in [4.69, 9.17) is 5.73 Å². The predicted molar refractivity (Wildman–Crippen MR) is 136 cm³/mol. The van der Waals surface area contributed by atoms with Crippen molar-refractivity contribution in [2.45, 2.75) is 32.1 Å². The number of hydrogen-bond donors (Lipinski definition) is 3. The standard InChI is InChI=1S/C23H31N3O2.3ClH/c24-12-6-16-26-14-2-1-13-25-15-5-11-20-22(27)18-9-3-7-17-8-4-10-19(21(17)18)23(20)28;;;/h3-4,7-10,20,25-26H,1-2,5-6,11-16,24H2;3*1H. The third kappa shape index (κ3) is 7.70. The molecule has 5 nitrogen and oxygen atoms in total. The van der Waals surface area contributed by atoms with Gasteiger partial charge >= 0.3 is 0 Å². The van der Waals surface area contributed by atoms with Crippen LogP contribution >= 0.6 is 37.2 Å². The van der Waals surface area contributed by atoms with Gasteiger partial charge in [-0.3, -0.25) is 9.59 Å². The lowest BCUT2D eigenvalue weighted by Gasteiger charge is -2.23. The summed E-state index contributed by atoms with van der Waals surface area (Å²) in [5, 5.41) is 8.60. The first-order valence-corrected chi connectivity index (χ1v) is 10.5. The zero-order valence-corrected chi connectivity index (χ0v) is 20.2. The first-order valence-electron chi connectivity index (χ1n) is 10.5. The molecule has 1 aliphatic rings. The topological polar surface area (TPSA) is 84.2 Å². The summed E-state index contributed by atoms with van der Waals surface area (Å²) < 4.78 is 0. The highest BCUT2D eigenvalue weighted by Crippen LogP contribution is 2.33. The molecule has 8 heteroatoms. The Hall–Kier alpha value is -1.21. The molecule has 0 amide bonds. The number of benzene rings is 2. The molecule has 0 heterocycles. The molecule has 0 saturated heterocycles. The Bertz CT molecular complexity index is 782. The SMILES string of the molecule is Cl.Cl.Cl.NCCCNCCCCNCCCC1C(=O)c2cccc3cccc(c23)C1=O. The number of Topliss-reactive ketones (excluding diaryl/α,β-unsaturated/α-hetero) is 2. The molecule has 0 fully saturated rings. The van der Waals surface area contributed by atoms with Crippen LogP contribution in [0, 0.1) is 5.92 Å². The van der Waals surface area contributed by atoms with Crippen LogP contribution in [0.5, 0.6) is 0 Å². The van der Waals surface area contributed by atoms with Crippen molar-refractivity contribution in [3.8, 4) is 0 Å². The van der Waals surface area contributed by atoms with Crippen LogP contribution in [0.15, 0.2) is 36.4 Å². The molecule has 2 aromatic rings. The minimum atomic E-state index is -0.533. The minimum absolute atomic E-state index is 0. The van der Waals surface area contributed by atoms with Crippen LogP contribution in [-0.2, 0) is 0 Å². The van der Waals surface area contributed by atoms with Crippen molar-refractivity contribution in [1.29, 1.82) is 0 Å². The molecule has 3 rings (SSSR count). The van der Waals surface area contributed by atoms with Gasteiger partial charge in [0.25, 0.3) is 0 Å². The lowest BCUT2D eigenvalue weighted by atomic mass is 9.78. The van der Waals surface area contributed by atoms with Gasteiger partial charge in [0.2, 0.25) is 0 Å². The molecule has 174 valence electrons. The lowest BCUT2D eigenvalue weighted by Crippen LogP contribution is -2.30. The summed E-state index contributed by atoms with van der Waals surface area (Å²) in [7, 11) is 0. The molecule has 0 bridgehead atoms. The van der Waals surface area contributed by atoms with Crippen molar-refractivity contribution in [2.24, 2.45) is 11.7 Å². The van der Waals surface area contributed by atoms with Crippen molar-refractivity contribution < 1.29 is 9.59 Å². The first kappa shape index (κ1) is 29.8. The molecular formula is C23H34Cl3N3O2. The number of unbranched alkanes of at least 4 members (excludes halogenated alkanes) is 1. The maximum Gasteiger partial charge on any atom is 0.174 e. The normalized spacial score (nSPS) is 12.8. The Kier molecular flexibility index (Phi) is 15.0. The van der Waals surface area contributed by atoms with Crippen LogP contribution in [0.3, 0.4) is 0 Å². The Morgan fingerprint density at radius 3 is 1.71 bits per heavy atom. The third-order valence-electron chi connectivity index (χ3n) is 5.43. The van der Waals surface area contributed by atoms with Gasteiger partial charge in [0.1, 0.15) is 0 Å². The molecule has 0 atom stereocenters. The second-order valence-electron chi connectivity index (χ2n) is 7.48. The van der Waals surface area contributed by atoms with Crippen molar-refractivity contribution in [2.75, 3.05) is 32.7 Å². The number of nitrogens with two attached hydrogens (primary N) is 1. The van der Waals surface area contributed by atoms with Crippen LogP contribution < -0.4 is 16.4 Å². The second kappa shape index (κ2) is 15.6. The van der Waals surface area contributed by atoms with Gasteiger partial charge in [-0.2, -0.15) is 0 Å². The van der Waals surface area contributed by atoms with Gasteiger partial charge in [0, 0.05) is 16.5 Å². The second-order valence-corrected chi connectivity index (χ2v) is 7.48. The summed E-state index contributed by atoms with van der Waals surface area (Å²) in [6, 6.07) is 11.4. The first-order chi connectivity index (χ1) is 13.7. The summed E-state index contributed by atoms with van der Waals surface area (Å²) in [5.41, 5.74) is 6.86. The average Bonchev–Trinajstić information content (AvgIpc) is 2.72. The van der Waals surface area contributed by atoms with Gasteiger partial charge < -0.3 is 16.4 Å². The van der Waals surface area contributed by atoms with E-state index in [0.717, 1.165) is 69.2 Å². The van der Waals surface area contributed by atoms with Gasteiger partial charge in [-0.05, 0) is 70.2 Å². The van der Waals surface area contributed by atoms with Crippen molar-refractivity contribution in [3.63, 3.8) is 0 Å². The van der Waals surface area contributed by atoms with Crippen molar-refractivity contribution >= 4 is 59.6 Å². The number of carbonyl (C=O) groups excluding carboxylic acids is 2. The number of hydrogen-bond acceptors (Lipinski definition) is 5. The number of rotatable bonds is 12. The van der Waals surface area contributed by atoms with Crippen LogP contribution in [0.25, 0.3) is 10.8 Å². The van der Waals surface area contributed by atoms with E-state index in [1.54, 1.807) is 0 Å². The zero-order chi connectivity index (χ0) is 19.8. The Labute approximate surface area is 203 Å². The van der Waals surface area contributed by atoms with Crippen LogP contribution in [0.4, 0.5) is 0 Å². The summed E-state index contributed by atoms with van der Waals surface area (Å²) in [5.74, 6) is -0.565. The van der Waals surface area contributed by atoms with Crippen LogP contribution in [0.1, 0.15) is 52.8 Å². The van der Waals surface area contributed by atoms with E-state index in [-0.39, 0.29) is 48.8 Å². The van der Waals surface area contributed by atoms with Gasteiger partial charge in [-0.1, -0.05) is 36.4 Å². The molecule has 0 unspecified atom stereocenters. The Balaban J connectivity index is 0.00000300. The van der Waals surface area contributed by atoms with E-state index in [1.807, 2.05) is 36.4 Å². The summed E-state index contributed by atoms with van der Waals surface area (Å²) in [4.78, 5) is 25.7. The number of nitrogens with one attached hydrogen (secondary N) is 2. The van der Waals surface area contributed by atoms with Gasteiger partial charge in [0.15, 0.2) is 11.6 Å². The van der Waals surface area contributed by atoms with Gasteiger partial charge in [-0.15, -0.1) is 37.2 Å². The Morgan fingerprint density at radius 2 is 1.19 bits per heavy atom. The van der Waals surface area contributed by atoms with E-state index in [9.17, 15) is 9.59 Å². The Morgan fingerprint density at radius 1 is 0.710 bits per heavy atom. The summed E-state index contributed by atoms with van der Waals surface area (Å²) in [6.07, 6.45) is 4.71. The summed E-state index contributed by atoms with van der Waals surface area (Å²) >= 11 is 0. The van der Waals surface area contributed by atoms with Crippen LogP contribution in [0.2, 0.25) is 0 Å². The van der Waals surface area contributed by atoms with Crippen molar-refractivity contribution in [1.82, 2.24) is 10.6 Å². The molecular weight excluding hydrogens is 457 g/mol. The molecule has 4 N–H and O–H groups in total. The zero-order valence-electron chi connectivity index (χ0n) is 17.7. The number of halogens is 3. The summed E-state index contributed by atoms with van der Waals surface area (Å²) in [6.45, 7) is 4.56. The highest BCUT2D eigenvalue weighted by Gasteiger charge is 2.34. The van der Waals surface area contributed by atoms with E-state index in [1.165, 1.54) is 0 Å². The predicted octanol–water partition coefficient (Wildman–Crippen LogP) is 4.19. The molecule has 2 aromatic carbocycles. The maximum absolute atomic E-state index is 12.9. The fourth-order valence-electron chi connectivity index (χ4n) is 3.92. The minimum Gasteiger partial charge on any atom is -0.330 e. The molecule has 1 aliphatic carbocycles. The van der Waals surface area contributed by atoms with E-state index in [0.29, 0.717) is 17.5 Å². The molecule has 0 spiro atoms. The van der Waals surface area contributed by atoms with Gasteiger partial charge in [-0.25, -0.2) is 0 Å². The van der Waals surface area contributed by atoms with E-state index < -0.39 is 5.92 Å². The molecule has 0 saturated carbocycles. The maximum atomic E-state index is 12.9. The number of ketones is 2. The highest BCUT2D eigenvalue weighted by atomic mass is 35.5. The fraction of sp³-hybridized carbons (Fsp3) is 0.478. The monoisotopic (exact) mass is 489 g/mol. The molecule has 0 aromatic heterocycles. The van der Waals surface area contributed by atoms with Crippen LogP contribution in [-0.4, -0.2) is 44.3 Å². The van der Waals surface area contributed by atoms with Gasteiger partial charge in [0.05, 0.1) is 5.92 Å². The van der Waals surface area contributed by atoms with E-state index >= 15 is 0 Å². The highest BCUT2D eigenvalue weighted by molar-refractivity contribution is 6.29. The largest absolute Gasteiger partial charge is 0.330 e. The lowest BCUT2D eigenvalue weighted by molar-refractivity contribution is 0.0793. The quantitative estimate of drug-likeness (QED) is 0.307.